The van der Waals surface area contributed by atoms with Crippen LogP contribution in [0.5, 0.6) is 5.88 Å². The number of carbonyl (C=O) groups is 1. The predicted molar refractivity (Wildman–Crippen MR) is 77.7 cm³/mol. The molecule has 0 atom stereocenters. The zero-order valence-corrected chi connectivity index (χ0v) is 12.7. The number of carbonyl (C=O) groups excluding carboxylic acids is 1. The Kier molecular flexibility index (Phi) is 4.56. The summed E-state index contributed by atoms with van der Waals surface area (Å²) in [7, 11) is -2.28. The van der Waals surface area contributed by atoms with Crippen LogP contribution in [-0.2, 0) is 16.6 Å². The number of nitrogens with zero attached hydrogens (tertiary/aromatic N) is 1. The Labute approximate surface area is 125 Å². The maximum Gasteiger partial charge on any atom is 0.257 e. The average molecular weight is 327 g/mol. The number of pyridine rings is 1. The summed E-state index contributed by atoms with van der Waals surface area (Å²) in [6.45, 7) is 0.192. The van der Waals surface area contributed by atoms with Crippen molar-refractivity contribution in [2.45, 2.75) is 10.8 Å². The van der Waals surface area contributed by atoms with Crippen molar-refractivity contribution in [3.63, 3.8) is 0 Å². The van der Waals surface area contributed by atoms with Crippen molar-refractivity contribution in [3.05, 3.63) is 40.9 Å². The molecule has 1 amide bonds. The van der Waals surface area contributed by atoms with Gasteiger partial charge in [0.2, 0.25) is 15.9 Å². The number of methoxy groups -OCH3 is 1. The molecule has 2 rings (SSSR count). The van der Waals surface area contributed by atoms with Gasteiger partial charge < -0.3 is 10.1 Å². The zero-order chi connectivity index (χ0) is 15.5. The number of amides is 1. The Morgan fingerprint density at radius 1 is 1.43 bits per heavy atom. The van der Waals surface area contributed by atoms with Crippen molar-refractivity contribution in [1.29, 1.82) is 0 Å². The second-order valence-corrected chi connectivity index (χ2v) is 6.97. The summed E-state index contributed by atoms with van der Waals surface area (Å²) < 4.78 is 27.4. The Bertz CT molecular complexity index is 755. The molecule has 0 unspecified atom stereocenters. The molecule has 7 nitrogen and oxygen atoms in total. The van der Waals surface area contributed by atoms with E-state index < -0.39 is 10.0 Å². The minimum atomic E-state index is -3.71. The van der Waals surface area contributed by atoms with Crippen LogP contribution in [-0.4, -0.2) is 26.4 Å². The van der Waals surface area contributed by atoms with E-state index >= 15 is 0 Å². The molecular weight excluding hydrogens is 314 g/mol. The number of thiophene rings is 1. The first-order valence-corrected chi connectivity index (χ1v) is 8.17. The summed E-state index contributed by atoms with van der Waals surface area (Å²) >= 11 is 1.01. The molecule has 2 heterocycles. The van der Waals surface area contributed by atoms with E-state index in [0.29, 0.717) is 10.4 Å². The zero-order valence-electron chi connectivity index (χ0n) is 11.1. The molecule has 0 saturated carbocycles. The largest absolute Gasteiger partial charge is 0.480 e. The highest BCUT2D eigenvalue weighted by atomic mass is 32.2. The van der Waals surface area contributed by atoms with Gasteiger partial charge in [-0.25, -0.2) is 18.5 Å². The summed E-state index contributed by atoms with van der Waals surface area (Å²) in [6, 6.07) is 6.23. The number of sulfonamides is 1. The van der Waals surface area contributed by atoms with Gasteiger partial charge in [-0.1, -0.05) is 0 Å². The molecule has 0 saturated heterocycles. The van der Waals surface area contributed by atoms with Crippen molar-refractivity contribution < 1.29 is 17.9 Å². The highest BCUT2D eigenvalue weighted by Gasteiger charge is 2.14. The van der Waals surface area contributed by atoms with Gasteiger partial charge in [-0.3, -0.25) is 4.79 Å². The lowest BCUT2D eigenvalue weighted by Crippen LogP contribution is -2.23. The average Bonchev–Trinajstić information content (AvgIpc) is 2.93. The third-order valence-corrected chi connectivity index (χ3v) is 5.07. The molecule has 0 bridgehead atoms. The molecule has 21 heavy (non-hydrogen) atoms. The number of hydrogen-bond donors (Lipinski definition) is 2. The molecule has 0 aromatic carbocycles. The lowest BCUT2D eigenvalue weighted by Gasteiger charge is -2.07. The van der Waals surface area contributed by atoms with Crippen molar-refractivity contribution in [1.82, 2.24) is 10.3 Å². The van der Waals surface area contributed by atoms with E-state index in [-0.39, 0.29) is 22.5 Å². The van der Waals surface area contributed by atoms with Gasteiger partial charge in [0.25, 0.3) is 5.91 Å². The molecule has 0 aliphatic carbocycles. The van der Waals surface area contributed by atoms with Crippen molar-refractivity contribution in [2.24, 2.45) is 5.14 Å². The fourth-order valence-corrected chi connectivity index (χ4v) is 3.31. The van der Waals surface area contributed by atoms with Gasteiger partial charge in [-0.15, -0.1) is 11.3 Å². The third-order valence-electron chi connectivity index (χ3n) is 2.55. The molecule has 0 radical (unpaired) electrons. The first kappa shape index (κ1) is 15.4. The number of rotatable bonds is 5. The SMILES string of the molecule is COc1ncccc1C(=O)NCc1ccc(S(N)(=O)=O)s1. The molecule has 0 fully saturated rings. The van der Waals surface area contributed by atoms with Gasteiger partial charge in [-0.05, 0) is 24.3 Å². The molecule has 3 N–H and O–H groups in total. The van der Waals surface area contributed by atoms with E-state index in [1.165, 1.54) is 19.4 Å². The van der Waals surface area contributed by atoms with Crippen LogP contribution in [0.1, 0.15) is 15.2 Å². The van der Waals surface area contributed by atoms with Gasteiger partial charge in [0.1, 0.15) is 9.77 Å². The van der Waals surface area contributed by atoms with Gasteiger partial charge in [0, 0.05) is 11.1 Å². The van der Waals surface area contributed by atoms with Crippen molar-refractivity contribution >= 4 is 27.3 Å². The lowest BCUT2D eigenvalue weighted by molar-refractivity contribution is 0.0947. The van der Waals surface area contributed by atoms with E-state index in [0.717, 1.165) is 11.3 Å². The first-order valence-electron chi connectivity index (χ1n) is 5.80. The highest BCUT2D eigenvalue weighted by Crippen LogP contribution is 2.20. The monoisotopic (exact) mass is 327 g/mol. The van der Waals surface area contributed by atoms with E-state index in [1.54, 1.807) is 18.2 Å². The van der Waals surface area contributed by atoms with E-state index in [2.05, 4.69) is 10.3 Å². The molecule has 0 aliphatic rings. The number of primary sulfonamides is 1. The Morgan fingerprint density at radius 3 is 2.81 bits per heavy atom. The topological polar surface area (TPSA) is 111 Å². The van der Waals surface area contributed by atoms with Gasteiger partial charge in [-0.2, -0.15) is 0 Å². The standard InChI is InChI=1S/C12H13N3O4S2/c1-19-12-9(3-2-6-14-12)11(16)15-7-8-4-5-10(20-8)21(13,17)18/h2-6H,7H2,1H3,(H,15,16)(H2,13,17,18). The molecule has 2 aromatic heterocycles. The number of nitrogens with one attached hydrogen (secondary N) is 1. The molecule has 0 aliphatic heterocycles. The van der Waals surface area contributed by atoms with Crippen molar-refractivity contribution in [2.75, 3.05) is 7.11 Å². The second-order valence-electron chi connectivity index (χ2n) is 4.01. The number of hydrogen-bond acceptors (Lipinski definition) is 6. The molecule has 112 valence electrons. The molecular formula is C12H13N3O4S2. The fraction of sp³-hybridized carbons (Fsp3) is 0.167. The normalized spacial score (nSPS) is 11.1. The van der Waals surface area contributed by atoms with Crippen LogP contribution >= 0.6 is 11.3 Å². The summed E-state index contributed by atoms with van der Waals surface area (Å²) in [4.78, 5) is 16.6. The Hall–Kier alpha value is -1.97. The van der Waals surface area contributed by atoms with E-state index in [1.807, 2.05) is 0 Å². The van der Waals surface area contributed by atoms with Crippen molar-refractivity contribution in [3.8, 4) is 5.88 Å². The van der Waals surface area contributed by atoms with E-state index in [9.17, 15) is 13.2 Å². The second kappa shape index (κ2) is 6.20. The van der Waals surface area contributed by atoms with Crippen LogP contribution in [0.3, 0.4) is 0 Å². The highest BCUT2D eigenvalue weighted by molar-refractivity contribution is 7.91. The van der Waals surface area contributed by atoms with Crippen LogP contribution in [0.25, 0.3) is 0 Å². The Balaban J connectivity index is 2.06. The number of nitrogens with two attached hydrogens (primary N) is 1. The number of ether oxygens (including phenoxy) is 1. The smallest absolute Gasteiger partial charge is 0.257 e. The van der Waals surface area contributed by atoms with E-state index in [4.69, 9.17) is 9.88 Å². The van der Waals surface area contributed by atoms with Gasteiger partial charge in [0.15, 0.2) is 0 Å². The van der Waals surface area contributed by atoms with Gasteiger partial charge >= 0.3 is 0 Å². The summed E-state index contributed by atoms with van der Waals surface area (Å²) in [5.41, 5.74) is 0.309. The molecule has 0 spiro atoms. The lowest BCUT2D eigenvalue weighted by atomic mass is 10.2. The summed E-state index contributed by atoms with van der Waals surface area (Å²) in [5.74, 6) is -0.128. The maximum atomic E-state index is 12.0. The minimum absolute atomic E-state index is 0.0608. The Morgan fingerprint density at radius 2 is 2.19 bits per heavy atom. The quantitative estimate of drug-likeness (QED) is 0.841. The van der Waals surface area contributed by atoms with Crippen LogP contribution in [0.4, 0.5) is 0 Å². The van der Waals surface area contributed by atoms with Crippen LogP contribution in [0, 0.1) is 0 Å². The summed E-state index contributed by atoms with van der Waals surface area (Å²) in [6.07, 6.45) is 1.52. The maximum absolute atomic E-state index is 12.0. The van der Waals surface area contributed by atoms with Crippen LogP contribution in [0.2, 0.25) is 0 Å². The third kappa shape index (κ3) is 3.78. The fourth-order valence-electron chi connectivity index (χ4n) is 1.60. The predicted octanol–water partition coefficient (Wildman–Crippen LogP) is 0.729. The first-order chi connectivity index (χ1) is 9.91. The van der Waals surface area contributed by atoms with Crippen LogP contribution < -0.4 is 15.2 Å². The number of aromatic nitrogens is 1. The van der Waals surface area contributed by atoms with Crippen LogP contribution in [0.15, 0.2) is 34.7 Å². The minimum Gasteiger partial charge on any atom is -0.480 e. The van der Waals surface area contributed by atoms with Gasteiger partial charge in [0.05, 0.1) is 13.7 Å². The molecule has 9 heteroatoms. The molecule has 2 aromatic rings. The summed E-state index contributed by atoms with van der Waals surface area (Å²) in [5, 5.41) is 7.70.